The number of nitrogens with one attached hydrogen (secondary N) is 1. The molecule has 0 unspecified atom stereocenters. The number of sulfone groups is 1. The first-order valence-corrected chi connectivity index (χ1v) is 10.9. The molecule has 0 aliphatic heterocycles. The van der Waals surface area contributed by atoms with Crippen LogP contribution in [-0.4, -0.2) is 32.2 Å². The molecule has 6 nitrogen and oxygen atoms in total. The predicted molar refractivity (Wildman–Crippen MR) is 106 cm³/mol. The minimum absolute atomic E-state index is 0.170. The van der Waals surface area contributed by atoms with Crippen LogP contribution in [0.2, 0.25) is 0 Å². The number of benzene rings is 1. The second-order valence-corrected chi connectivity index (χ2v) is 10.0. The molecule has 0 aliphatic carbocycles. The van der Waals surface area contributed by atoms with Crippen molar-refractivity contribution in [2.75, 3.05) is 11.9 Å². The predicted octanol–water partition coefficient (Wildman–Crippen LogP) is 3.98. The summed E-state index contributed by atoms with van der Waals surface area (Å²) in [5.41, 5.74) is 1.43. The number of anilines is 1. The van der Waals surface area contributed by atoms with Crippen molar-refractivity contribution in [2.24, 2.45) is 0 Å². The van der Waals surface area contributed by atoms with Gasteiger partial charge in [0.25, 0.3) is 5.91 Å². The van der Waals surface area contributed by atoms with Crippen molar-refractivity contribution >= 4 is 38.1 Å². The van der Waals surface area contributed by atoms with Crippen molar-refractivity contribution < 1.29 is 22.7 Å². The van der Waals surface area contributed by atoms with Gasteiger partial charge in [0.15, 0.2) is 9.84 Å². The number of thiophene rings is 1. The van der Waals surface area contributed by atoms with Crippen LogP contribution in [-0.2, 0) is 14.6 Å². The van der Waals surface area contributed by atoms with Crippen molar-refractivity contribution in [3.8, 4) is 0 Å². The molecule has 0 saturated heterocycles. The minimum atomic E-state index is -3.40. The van der Waals surface area contributed by atoms with Crippen LogP contribution in [0.3, 0.4) is 0 Å². The Bertz CT molecular complexity index is 957. The number of rotatable bonds is 6. The van der Waals surface area contributed by atoms with Gasteiger partial charge in [-0.05, 0) is 64.4 Å². The quantitative estimate of drug-likeness (QED) is 0.729. The lowest BCUT2D eigenvalue weighted by Crippen LogP contribution is -2.16. The van der Waals surface area contributed by atoms with Crippen molar-refractivity contribution in [3.05, 3.63) is 45.8 Å². The van der Waals surface area contributed by atoms with E-state index in [1.807, 2.05) is 6.92 Å². The van der Waals surface area contributed by atoms with Gasteiger partial charge in [0.2, 0.25) is 0 Å². The SMILES string of the molecule is CCOC(=O)c1c(NC(=O)c2ccc(S(=O)(=O)C(C)C)cc2)sc(C)c1C. The van der Waals surface area contributed by atoms with E-state index in [1.54, 1.807) is 27.7 Å². The maximum Gasteiger partial charge on any atom is 0.341 e. The molecule has 146 valence electrons. The van der Waals surface area contributed by atoms with Gasteiger partial charge in [-0.1, -0.05) is 0 Å². The van der Waals surface area contributed by atoms with E-state index in [9.17, 15) is 18.0 Å². The molecule has 0 spiro atoms. The minimum Gasteiger partial charge on any atom is -0.462 e. The summed E-state index contributed by atoms with van der Waals surface area (Å²) in [7, 11) is -3.40. The van der Waals surface area contributed by atoms with E-state index < -0.39 is 27.0 Å². The maximum atomic E-state index is 12.6. The first kappa shape index (κ1) is 21.1. The monoisotopic (exact) mass is 409 g/mol. The van der Waals surface area contributed by atoms with Gasteiger partial charge in [0.1, 0.15) is 5.00 Å². The molecule has 0 aliphatic rings. The fourth-order valence-corrected chi connectivity index (χ4v) is 4.51. The highest BCUT2D eigenvalue weighted by atomic mass is 32.2. The summed E-state index contributed by atoms with van der Waals surface area (Å²) in [6, 6.07) is 5.76. The van der Waals surface area contributed by atoms with E-state index >= 15 is 0 Å². The van der Waals surface area contributed by atoms with E-state index in [0.717, 1.165) is 10.4 Å². The lowest BCUT2D eigenvalue weighted by Gasteiger charge is -2.09. The molecule has 0 atom stereocenters. The third kappa shape index (κ3) is 4.39. The average Bonchev–Trinajstić information content (AvgIpc) is 2.88. The molecule has 1 aromatic carbocycles. The van der Waals surface area contributed by atoms with Crippen LogP contribution < -0.4 is 5.32 Å². The zero-order valence-electron chi connectivity index (χ0n) is 16.0. The third-order valence-corrected chi connectivity index (χ3v) is 7.45. The van der Waals surface area contributed by atoms with Crippen LogP contribution in [0.1, 0.15) is 51.9 Å². The van der Waals surface area contributed by atoms with E-state index in [2.05, 4.69) is 5.32 Å². The highest BCUT2D eigenvalue weighted by molar-refractivity contribution is 7.92. The number of carbonyl (C=O) groups is 2. The van der Waals surface area contributed by atoms with Crippen LogP contribution in [0, 0.1) is 13.8 Å². The second kappa shape index (κ2) is 8.22. The van der Waals surface area contributed by atoms with E-state index in [1.165, 1.54) is 35.6 Å². The molecule has 1 aromatic heterocycles. The Labute approximate surface area is 163 Å². The Hall–Kier alpha value is -2.19. The summed E-state index contributed by atoms with van der Waals surface area (Å²) in [4.78, 5) is 25.8. The van der Waals surface area contributed by atoms with E-state index in [-0.39, 0.29) is 11.5 Å². The molecule has 1 N–H and O–H groups in total. The van der Waals surface area contributed by atoms with Crippen LogP contribution in [0.15, 0.2) is 29.2 Å². The van der Waals surface area contributed by atoms with Crippen molar-refractivity contribution in [1.82, 2.24) is 0 Å². The number of hydrogen-bond acceptors (Lipinski definition) is 6. The molecule has 0 radical (unpaired) electrons. The summed E-state index contributed by atoms with van der Waals surface area (Å²) in [5, 5.41) is 2.62. The largest absolute Gasteiger partial charge is 0.462 e. The van der Waals surface area contributed by atoms with Crippen molar-refractivity contribution in [3.63, 3.8) is 0 Å². The Morgan fingerprint density at radius 3 is 2.26 bits per heavy atom. The molecule has 1 amide bonds. The maximum absolute atomic E-state index is 12.6. The normalized spacial score (nSPS) is 11.5. The zero-order valence-corrected chi connectivity index (χ0v) is 17.6. The van der Waals surface area contributed by atoms with Crippen LogP contribution >= 0.6 is 11.3 Å². The van der Waals surface area contributed by atoms with Gasteiger partial charge in [-0.2, -0.15) is 0 Å². The smallest absolute Gasteiger partial charge is 0.341 e. The molecule has 2 rings (SSSR count). The lowest BCUT2D eigenvalue weighted by molar-refractivity contribution is 0.0527. The Morgan fingerprint density at radius 2 is 1.74 bits per heavy atom. The van der Waals surface area contributed by atoms with Gasteiger partial charge >= 0.3 is 5.97 Å². The molecule has 0 bridgehead atoms. The first-order chi connectivity index (χ1) is 12.6. The Kier molecular flexibility index (Phi) is 6.43. The molecular formula is C19H23NO5S2. The lowest BCUT2D eigenvalue weighted by atomic mass is 10.1. The van der Waals surface area contributed by atoms with Crippen LogP contribution in [0.4, 0.5) is 5.00 Å². The summed E-state index contributed by atoms with van der Waals surface area (Å²) in [6.45, 7) is 8.84. The molecule has 0 fully saturated rings. The van der Waals surface area contributed by atoms with Crippen LogP contribution in [0.5, 0.6) is 0 Å². The first-order valence-electron chi connectivity index (χ1n) is 8.52. The molecule has 2 aromatic rings. The van der Waals surface area contributed by atoms with Crippen molar-refractivity contribution in [2.45, 2.75) is 44.8 Å². The zero-order chi connectivity index (χ0) is 20.4. The number of carbonyl (C=O) groups excluding carboxylic acids is 2. The average molecular weight is 410 g/mol. The fraction of sp³-hybridized carbons (Fsp3) is 0.368. The third-order valence-electron chi connectivity index (χ3n) is 4.16. The second-order valence-electron chi connectivity index (χ2n) is 6.28. The summed E-state index contributed by atoms with van der Waals surface area (Å²) < 4.78 is 29.4. The van der Waals surface area contributed by atoms with Gasteiger partial charge < -0.3 is 10.1 Å². The van der Waals surface area contributed by atoms with E-state index in [4.69, 9.17) is 4.74 Å². The van der Waals surface area contributed by atoms with Gasteiger partial charge in [0, 0.05) is 10.4 Å². The summed E-state index contributed by atoms with van der Waals surface area (Å²) in [6.07, 6.45) is 0. The molecule has 0 saturated carbocycles. The number of esters is 1. The molecule has 1 heterocycles. The molecular weight excluding hydrogens is 386 g/mol. The van der Waals surface area contributed by atoms with Gasteiger partial charge in [-0.25, -0.2) is 13.2 Å². The van der Waals surface area contributed by atoms with Crippen molar-refractivity contribution in [1.29, 1.82) is 0 Å². The Morgan fingerprint density at radius 1 is 1.15 bits per heavy atom. The number of ether oxygens (including phenoxy) is 1. The fourth-order valence-electron chi connectivity index (χ4n) is 2.41. The number of aryl methyl sites for hydroxylation is 1. The number of amides is 1. The number of hydrogen-bond donors (Lipinski definition) is 1. The topological polar surface area (TPSA) is 89.5 Å². The highest BCUT2D eigenvalue weighted by Gasteiger charge is 2.23. The standard InChI is InChI=1S/C19H23NO5S2/c1-6-25-19(22)16-12(4)13(5)26-18(16)20-17(21)14-7-9-15(10-8-14)27(23,24)11(2)3/h7-11H,6H2,1-5H3,(H,20,21). The van der Waals surface area contributed by atoms with Gasteiger partial charge in [0.05, 0.1) is 22.3 Å². The molecule has 27 heavy (non-hydrogen) atoms. The molecule has 8 heteroatoms. The van der Waals surface area contributed by atoms with Crippen LogP contribution in [0.25, 0.3) is 0 Å². The van der Waals surface area contributed by atoms with Gasteiger partial charge in [-0.15, -0.1) is 11.3 Å². The Balaban J connectivity index is 2.28. The van der Waals surface area contributed by atoms with Gasteiger partial charge in [-0.3, -0.25) is 4.79 Å². The summed E-state index contributed by atoms with van der Waals surface area (Å²) >= 11 is 1.30. The summed E-state index contributed by atoms with van der Waals surface area (Å²) in [5.74, 6) is -0.900. The van der Waals surface area contributed by atoms with E-state index in [0.29, 0.717) is 16.1 Å². The highest BCUT2D eigenvalue weighted by Crippen LogP contribution is 2.33.